The maximum atomic E-state index is 5.79. The fourth-order valence-corrected chi connectivity index (χ4v) is 3.16. The van der Waals surface area contributed by atoms with E-state index in [9.17, 15) is 0 Å². The van der Waals surface area contributed by atoms with Crippen LogP contribution in [0.25, 0.3) is 0 Å². The molecular weight excluding hydrogens is 322 g/mol. The Labute approximate surface area is 146 Å². The Morgan fingerprint density at radius 3 is 2.92 bits per heavy atom. The first-order chi connectivity index (χ1) is 11.8. The monoisotopic (exact) mass is 345 g/mol. The minimum atomic E-state index is 0.444. The Morgan fingerprint density at radius 2 is 2.12 bits per heavy atom. The third kappa shape index (κ3) is 4.94. The lowest BCUT2D eigenvalue weighted by Gasteiger charge is -2.15. The van der Waals surface area contributed by atoms with E-state index in [2.05, 4.69) is 37.2 Å². The molecule has 0 unspecified atom stereocenters. The highest BCUT2D eigenvalue weighted by Crippen LogP contribution is 2.17. The van der Waals surface area contributed by atoms with Crippen LogP contribution in [0.3, 0.4) is 0 Å². The molecule has 0 saturated carbocycles. The molecule has 0 aliphatic carbocycles. The number of aromatic nitrogens is 2. The van der Waals surface area contributed by atoms with Crippen LogP contribution in [-0.4, -0.2) is 39.9 Å². The molecule has 2 heterocycles. The van der Waals surface area contributed by atoms with Crippen LogP contribution in [0.4, 0.5) is 11.6 Å². The number of nitrogens with zero attached hydrogens (tertiary/aromatic N) is 3. The predicted molar refractivity (Wildman–Crippen MR) is 98.4 cm³/mol. The molecule has 24 heavy (non-hydrogen) atoms. The summed E-state index contributed by atoms with van der Waals surface area (Å²) in [5, 5.41) is 3.11. The second-order valence-electron chi connectivity index (χ2n) is 5.79. The molecule has 1 aliphatic heterocycles. The largest absolute Gasteiger partial charge is 0.490 e. The SMILES string of the molecule is Nc1nsnc1NC/C=C\COc1cccc(CN2CCCC2)c1. The van der Waals surface area contributed by atoms with E-state index in [1.54, 1.807) is 0 Å². The van der Waals surface area contributed by atoms with Gasteiger partial charge < -0.3 is 15.8 Å². The van der Waals surface area contributed by atoms with E-state index in [1.165, 1.54) is 31.5 Å². The highest BCUT2D eigenvalue weighted by molar-refractivity contribution is 6.99. The van der Waals surface area contributed by atoms with Crippen LogP contribution < -0.4 is 15.8 Å². The zero-order valence-corrected chi connectivity index (χ0v) is 14.5. The summed E-state index contributed by atoms with van der Waals surface area (Å²) in [6.45, 7) is 4.62. The molecule has 128 valence electrons. The van der Waals surface area contributed by atoms with Gasteiger partial charge in [0.25, 0.3) is 0 Å². The van der Waals surface area contributed by atoms with Crippen LogP contribution in [0, 0.1) is 0 Å². The van der Waals surface area contributed by atoms with Gasteiger partial charge in [0, 0.05) is 13.1 Å². The summed E-state index contributed by atoms with van der Waals surface area (Å²) >= 11 is 1.10. The van der Waals surface area contributed by atoms with Crippen LogP contribution in [0.5, 0.6) is 5.75 Å². The van der Waals surface area contributed by atoms with E-state index in [1.807, 2.05) is 18.2 Å². The molecule has 1 aromatic heterocycles. The first-order valence-electron chi connectivity index (χ1n) is 8.22. The van der Waals surface area contributed by atoms with Crippen molar-refractivity contribution in [2.45, 2.75) is 19.4 Å². The molecule has 2 aromatic rings. The molecule has 0 radical (unpaired) electrons. The van der Waals surface area contributed by atoms with E-state index in [0.29, 0.717) is 24.8 Å². The number of nitrogens with one attached hydrogen (secondary N) is 1. The molecule has 3 rings (SSSR count). The minimum Gasteiger partial charge on any atom is -0.490 e. The first kappa shape index (κ1) is 16.7. The van der Waals surface area contributed by atoms with Crippen molar-refractivity contribution in [2.24, 2.45) is 0 Å². The van der Waals surface area contributed by atoms with Gasteiger partial charge in [-0.3, -0.25) is 4.90 Å². The van der Waals surface area contributed by atoms with Crippen LogP contribution in [-0.2, 0) is 6.54 Å². The Bertz CT molecular complexity index is 667. The van der Waals surface area contributed by atoms with E-state index < -0.39 is 0 Å². The van der Waals surface area contributed by atoms with E-state index in [-0.39, 0.29) is 0 Å². The zero-order chi connectivity index (χ0) is 16.6. The molecule has 1 saturated heterocycles. The van der Waals surface area contributed by atoms with E-state index in [4.69, 9.17) is 10.5 Å². The number of anilines is 2. The summed E-state index contributed by atoms with van der Waals surface area (Å²) in [7, 11) is 0. The van der Waals surface area contributed by atoms with Crippen LogP contribution in [0.1, 0.15) is 18.4 Å². The third-order valence-electron chi connectivity index (χ3n) is 3.92. The molecule has 1 fully saturated rings. The maximum absolute atomic E-state index is 5.79. The van der Waals surface area contributed by atoms with Crippen molar-refractivity contribution >= 4 is 23.4 Å². The Kier molecular flexibility index (Phi) is 6.03. The van der Waals surface area contributed by atoms with Gasteiger partial charge in [0.2, 0.25) is 0 Å². The number of hydrogen-bond donors (Lipinski definition) is 2. The van der Waals surface area contributed by atoms with Gasteiger partial charge in [-0.05, 0) is 49.7 Å². The molecule has 0 atom stereocenters. The second kappa shape index (κ2) is 8.65. The molecular formula is C17H23N5OS. The quantitative estimate of drug-likeness (QED) is 0.717. The molecule has 1 aromatic carbocycles. The summed E-state index contributed by atoms with van der Waals surface area (Å²) in [6, 6.07) is 8.36. The molecule has 0 spiro atoms. The van der Waals surface area contributed by atoms with Gasteiger partial charge in [-0.2, -0.15) is 8.75 Å². The maximum Gasteiger partial charge on any atom is 0.184 e. The summed E-state index contributed by atoms with van der Waals surface area (Å²) in [5.41, 5.74) is 6.96. The lowest BCUT2D eigenvalue weighted by molar-refractivity contribution is 0.328. The number of benzene rings is 1. The number of likely N-dealkylation sites (tertiary alicyclic amines) is 1. The average molecular weight is 345 g/mol. The number of rotatable bonds is 8. The number of nitrogens with two attached hydrogens (primary N) is 1. The van der Waals surface area contributed by atoms with Crippen molar-refractivity contribution < 1.29 is 4.74 Å². The summed E-state index contributed by atoms with van der Waals surface area (Å²) in [4.78, 5) is 2.49. The molecule has 0 amide bonds. The summed E-state index contributed by atoms with van der Waals surface area (Å²) in [6.07, 6.45) is 6.61. The van der Waals surface area contributed by atoms with Crippen molar-refractivity contribution in [3.8, 4) is 5.75 Å². The fraction of sp³-hybridized carbons (Fsp3) is 0.412. The van der Waals surface area contributed by atoms with Gasteiger partial charge in [-0.25, -0.2) is 0 Å². The normalized spacial score (nSPS) is 15.2. The Morgan fingerprint density at radius 1 is 1.25 bits per heavy atom. The zero-order valence-electron chi connectivity index (χ0n) is 13.6. The van der Waals surface area contributed by atoms with E-state index >= 15 is 0 Å². The fourth-order valence-electron chi connectivity index (χ4n) is 2.70. The number of hydrogen-bond acceptors (Lipinski definition) is 7. The van der Waals surface area contributed by atoms with Gasteiger partial charge in [-0.15, -0.1) is 0 Å². The number of ether oxygens (including phenoxy) is 1. The van der Waals surface area contributed by atoms with Crippen LogP contribution >= 0.6 is 11.7 Å². The third-order valence-corrected chi connectivity index (χ3v) is 4.46. The van der Waals surface area contributed by atoms with Crippen molar-refractivity contribution in [1.82, 2.24) is 13.6 Å². The van der Waals surface area contributed by atoms with Crippen molar-refractivity contribution in [2.75, 3.05) is 37.3 Å². The topological polar surface area (TPSA) is 76.3 Å². The van der Waals surface area contributed by atoms with Crippen molar-refractivity contribution in [1.29, 1.82) is 0 Å². The van der Waals surface area contributed by atoms with Crippen LogP contribution in [0.2, 0.25) is 0 Å². The number of nitrogen functional groups attached to an aromatic ring is 1. The molecule has 3 N–H and O–H groups in total. The predicted octanol–water partition coefficient (Wildman–Crippen LogP) is 2.76. The summed E-state index contributed by atoms with van der Waals surface area (Å²) < 4.78 is 13.8. The van der Waals surface area contributed by atoms with Crippen molar-refractivity contribution in [3.05, 3.63) is 42.0 Å². The first-order valence-corrected chi connectivity index (χ1v) is 8.95. The lowest BCUT2D eigenvalue weighted by Crippen LogP contribution is -2.18. The smallest absolute Gasteiger partial charge is 0.184 e. The van der Waals surface area contributed by atoms with Gasteiger partial charge >= 0.3 is 0 Å². The molecule has 0 bridgehead atoms. The second-order valence-corrected chi connectivity index (χ2v) is 6.32. The standard InChI is InChI=1S/C17H23N5OS/c18-16-17(21-24-20-16)19-8-1-4-11-23-15-7-5-6-14(12-15)13-22-9-2-3-10-22/h1,4-7,12H,2-3,8-11,13H2,(H2,18,20)(H,19,21)/b4-1-. The van der Waals surface area contributed by atoms with Crippen molar-refractivity contribution in [3.63, 3.8) is 0 Å². The molecule has 7 heteroatoms. The Balaban J connectivity index is 1.39. The minimum absolute atomic E-state index is 0.444. The van der Waals surface area contributed by atoms with E-state index in [0.717, 1.165) is 24.0 Å². The summed E-state index contributed by atoms with van der Waals surface area (Å²) in [5.74, 6) is 2.00. The van der Waals surface area contributed by atoms with Gasteiger partial charge in [0.1, 0.15) is 12.4 Å². The molecule has 6 nitrogen and oxygen atoms in total. The van der Waals surface area contributed by atoms with Crippen LogP contribution in [0.15, 0.2) is 36.4 Å². The van der Waals surface area contributed by atoms with Gasteiger partial charge in [-0.1, -0.05) is 18.2 Å². The molecule has 1 aliphatic rings. The van der Waals surface area contributed by atoms with Gasteiger partial charge in [0.05, 0.1) is 11.7 Å². The highest BCUT2D eigenvalue weighted by Gasteiger charge is 2.11. The Hall–Kier alpha value is -2.12. The average Bonchev–Trinajstić information content (AvgIpc) is 3.23. The van der Waals surface area contributed by atoms with Gasteiger partial charge in [0.15, 0.2) is 11.6 Å². The highest BCUT2D eigenvalue weighted by atomic mass is 32.1. The lowest BCUT2D eigenvalue weighted by atomic mass is 10.2.